The van der Waals surface area contributed by atoms with Crippen LogP contribution >= 0.6 is 0 Å². The first kappa shape index (κ1) is 11.5. The van der Waals surface area contributed by atoms with Crippen molar-refractivity contribution < 1.29 is 4.79 Å². The summed E-state index contributed by atoms with van der Waals surface area (Å²) >= 11 is 0. The van der Waals surface area contributed by atoms with Gasteiger partial charge in [0.15, 0.2) is 0 Å². The molecule has 3 nitrogen and oxygen atoms in total. The molecule has 0 heterocycles. The molecule has 14 heavy (non-hydrogen) atoms. The van der Waals surface area contributed by atoms with Crippen molar-refractivity contribution in [3.05, 3.63) is 0 Å². The lowest BCUT2D eigenvalue weighted by atomic mass is 9.87. The van der Waals surface area contributed by atoms with E-state index >= 15 is 0 Å². The molecule has 1 fully saturated rings. The van der Waals surface area contributed by atoms with Crippen molar-refractivity contribution in [2.75, 3.05) is 19.6 Å². The molecule has 3 heteroatoms. The third-order valence-electron chi connectivity index (χ3n) is 3.29. The largest absolute Gasteiger partial charge is 0.341 e. The molecule has 82 valence electrons. The molecule has 0 atom stereocenters. The third-order valence-corrected chi connectivity index (χ3v) is 3.29. The average molecular weight is 198 g/mol. The highest BCUT2D eigenvalue weighted by Gasteiger charge is 2.38. The summed E-state index contributed by atoms with van der Waals surface area (Å²) in [5, 5.41) is 0. The molecule has 0 saturated heterocycles. The lowest BCUT2D eigenvalue weighted by Crippen LogP contribution is -2.43. The first-order valence-corrected chi connectivity index (χ1v) is 5.63. The Labute approximate surface area is 86.6 Å². The number of amides is 1. The molecule has 1 rings (SSSR count). The van der Waals surface area contributed by atoms with Crippen LogP contribution in [0, 0.1) is 5.41 Å². The van der Waals surface area contributed by atoms with Gasteiger partial charge in [-0.25, -0.2) is 0 Å². The van der Waals surface area contributed by atoms with Gasteiger partial charge in [-0.3, -0.25) is 4.79 Å². The maximum absolute atomic E-state index is 12.2. The van der Waals surface area contributed by atoms with E-state index < -0.39 is 0 Å². The highest BCUT2D eigenvalue weighted by Crippen LogP contribution is 2.38. The Morgan fingerprint density at radius 1 is 1.43 bits per heavy atom. The molecule has 0 aromatic carbocycles. The smallest absolute Gasteiger partial charge is 0.228 e. The minimum atomic E-state index is -0.0921. The zero-order valence-corrected chi connectivity index (χ0v) is 9.38. The van der Waals surface area contributed by atoms with Gasteiger partial charge in [-0.1, -0.05) is 19.8 Å². The topological polar surface area (TPSA) is 46.3 Å². The third kappa shape index (κ3) is 2.27. The summed E-state index contributed by atoms with van der Waals surface area (Å²) in [7, 11) is 0. The Kier molecular flexibility index (Phi) is 3.93. The summed E-state index contributed by atoms with van der Waals surface area (Å²) in [5.74, 6) is 0.308. The van der Waals surface area contributed by atoms with Crippen LogP contribution in [-0.2, 0) is 4.79 Å². The number of rotatable bonds is 4. The van der Waals surface area contributed by atoms with Crippen LogP contribution in [0.1, 0.15) is 39.5 Å². The fourth-order valence-corrected chi connectivity index (χ4v) is 2.31. The van der Waals surface area contributed by atoms with Crippen LogP contribution in [0.4, 0.5) is 0 Å². The van der Waals surface area contributed by atoms with Gasteiger partial charge in [0.05, 0.1) is 0 Å². The maximum Gasteiger partial charge on any atom is 0.228 e. The van der Waals surface area contributed by atoms with E-state index in [0.29, 0.717) is 19.0 Å². The van der Waals surface area contributed by atoms with E-state index in [1.54, 1.807) is 0 Å². The number of likely N-dealkylation sites (N-methyl/N-ethyl adjacent to an activating group) is 1. The normalized spacial score (nSPS) is 19.6. The molecule has 0 radical (unpaired) electrons. The van der Waals surface area contributed by atoms with Crippen LogP contribution in [-0.4, -0.2) is 30.4 Å². The van der Waals surface area contributed by atoms with Gasteiger partial charge in [0, 0.05) is 25.0 Å². The first-order valence-electron chi connectivity index (χ1n) is 5.63. The Balaban J connectivity index is 2.61. The van der Waals surface area contributed by atoms with E-state index in [2.05, 4.69) is 6.92 Å². The lowest BCUT2D eigenvalue weighted by molar-refractivity contribution is -0.140. The zero-order valence-electron chi connectivity index (χ0n) is 9.38. The standard InChI is InChI=1S/C11H22N2O/c1-3-13(9-8-12)10(14)11(2)6-4-5-7-11/h3-9,12H2,1-2H3. The Morgan fingerprint density at radius 3 is 2.43 bits per heavy atom. The fourth-order valence-electron chi connectivity index (χ4n) is 2.31. The zero-order chi connectivity index (χ0) is 10.6. The van der Waals surface area contributed by atoms with Gasteiger partial charge in [-0.15, -0.1) is 0 Å². The SMILES string of the molecule is CCN(CCN)C(=O)C1(C)CCCC1. The maximum atomic E-state index is 12.2. The van der Waals surface area contributed by atoms with Crippen LogP contribution in [0.2, 0.25) is 0 Å². The predicted octanol–water partition coefficient (Wildman–Crippen LogP) is 1.37. The van der Waals surface area contributed by atoms with Crippen LogP contribution in [0.3, 0.4) is 0 Å². The molecule has 0 aromatic rings. The molecule has 1 amide bonds. The van der Waals surface area contributed by atoms with Gasteiger partial charge < -0.3 is 10.6 Å². The average Bonchev–Trinajstić information content (AvgIpc) is 2.62. The molecule has 0 aliphatic heterocycles. The summed E-state index contributed by atoms with van der Waals surface area (Å²) < 4.78 is 0. The Bertz CT molecular complexity index is 197. The van der Waals surface area contributed by atoms with Crippen molar-refractivity contribution in [3.63, 3.8) is 0 Å². The molecule has 1 saturated carbocycles. The molecule has 0 aromatic heterocycles. The van der Waals surface area contributed by atoms with Gasteiger partial charge in [-0.2, -0.15) is 0 Å². The van der Waals surface area contributed by atoms with E-state index in [0.717, 1.165) is 19.4 Å². The van der Waals surface area contributed by atoms with E-state index in [-0.39, 0.29) is 5.41 Å². The first-order chi connectivity index (χ1) is 6.64. The molecule has 1 aliphatic carbocycles. The number of hydrogen-bond acceptors (Lipinski definition) is 2. The fraction of sp³-hybridized carbons (Fsp3) is 0.909. The van der Waals surface area contributed by atoms with Crippen LogP contribution in [0.5, 0.6) is 0 Å². The Hall–Kier alpha value is -0.570. The quantitative estimate of drug-likeness (QED) is 0.741. The number of nitrogens with two attached hydrogens (primary N) is 1. The second-order valence-electron chi connectivity index (χ2n) is 4.44. The van der Waals surface area contributed by atoms with Crippen molar-refractivity contribution in [2.45, 2.75) is 39.5 Å². The molecule has 0 bridgehead atoms. The minimum Gasteiger partial charge on any atom is -0.341 e. The van der Waals surface area contributed by atoms with Crippen molar-refractivity contribution in [1.82, 2.24) is 4.90 Å². The van der Waals surface area contributed by atoms with E-state index in [1.807, 2.05) is 11.8 Å². The molecule has 0 spiro atoms. The molecular weight excluding hydrogens is 176 g/mol. The minimum absolute atomic E-state index is 0.0921. The van der Waals surface area contributed by atoms with Crippen molar-refractivity contribution in [1.29, 1.82) is 0 Å². The van der Waals surface area contributed by atoms with E-state index in [9.17, 15) is 4.79 Å². The van der Waals surface area contributed by atoms with Gasteiger partial charge in [-0.05, 0) is 19.8 Å². The van der Waals surface area contributed by atoms with Crippen molar-refractivity contribution in [2.24, 2.45) is 11.1 Å². The van der Waals surface area contributed by atoms with Gasteiger partial charge >= 0.3 is 0 Å². The second kappa shape index (κ2) is 4.78. The van der Waals surface area contributed by atoms with Gasteiger partial charge in [0.2, 0.25) is 5.91 Å². The van der Waals surface area contributed by atoms with Crippen molar-refractivity contribution in [3.8, 4) is 0 Å². The lowest BCUT2D eigenvalue weighted by Gasteiger charge is -2.30. The summed E-state index contributed by atoms with van der Waals surface area (Å²) in [5.41, 5.74) is 5.40. The van der Waals surface area contributed by atoms with E-state index in [1.165, 1.54) is 12.8 Å². The van der Waals surface area contributed by atoms with Crippen molar-refractivity contribution >= 4 is 5.91 Å². The number of carbonyl (C=O) groups excluding carboxylic acids is 1. The van der Waals surface area contributed by atoms with Crippen LogP contribution in [0.25, 0.3) is 0 Å². The summed E-state index contributed by atoms with van der Waals surface area (Å²) in [6.07, 6.45) is 4.49. The summed E-state index contributed by atoms with van der Waals surface area (Å²) in [6, 6.07) is 0. The second-order valence-corrected chi connectivity index (χ2v) is 4.44. The highest BCUT2D eigenvalue weighted by molar-refractivity contribution is 5.82. The molecular formula is C11H22N2O. The monoisotopic (exact) mass is 198 g/mol. The summed E-state index contributed by atoms with van der Waals surface area (Å²) in [4.78, 5) is 14.1. The van der Waals surface area contributed by atoms with Crippen LogP contribution < -0.4 is 5.73 Å². The number of hydrogen-bond donors (Lipinski definition) is 1. The van der Waals surface area contributed by atoms with E-state index in [4.69, 9.17) is 5.73 Å². The Morgan fingerprint density at radius 2 is 2.00 bits per heavy atom. The van der Waals surface area contributed by atoms with Gasteiger partial charge in [0.25, 0.3) is 0 Å². The molecule has 2 N–H and O–H groups in total. The highest BCUT2D eigenvalue weighted by atomic mass is 16.2. The number of nitrogens with zero attached hydrogens (tertiary/aromatic N) is 1. The predicted molar refractivity (Wildman–Crippen MR) is 57.9 cm³/mol. The molecule has 0 unspecified atom stereocenters. The van der Waals surface area contributed by atoms with Gasteiger partial charge in [0.1, 0.15) is 0 Å². The number of carbonyl (C=O) groups is 1. The van der Waals surface area contributed by atoms with Crippen LogP contribution in [0.15, 0.2) is 0 Å². The summed E-state index contributed by atoms with van der Waals surface area (Å²) in [6.45, 7) is 6.17. The molecule has 1 aliphatic rings.